The van der Waals surface area contributed by atoms with Gasteiger partial charge in [-0.1, -0.05) is 269 Å². The average molecular weight is 873 g/mol. The van der Waals surface area contributed by atoms with Crippen LogP contribution in [0.5, 0.6) is 0 Å². The first kappa shape index (κ1) is 60.6. The van der Waals surface area contributed by atoms with Crippen LogP contribution < -0.4 is 5.32 Å². The van der Waals surface area contributed by atoms with Crippen molar-refractivity contribution in [3.8, 4) is 0 Å². The van der Waals surface area contributed by atoms with Crippen LogP contribution in [0, 0.1) is 0 Å². The molecule has 0 aliphatic rings. The van der Waals surface area contributed by atoms with Crippen LogP contribution in [0.15, 0.2) is 36.5 Å². The number of rotatable bonds is 51. The lowest BCUT2D eigenvalue weighted by atomic mass is 10.0. The highest BCUT2D eigenvalue weighted by Gasteiger charge is 2.20. The summed E-state index contributed by atoms with van der Waals surface area (Å²) in [5.74, 6) is -0.323. The zero-order valence-electron chi connectivity index (χ0n) is 41.8. The zero-order chi connectivity index (χ0) is 45.1. The van der Waals surface area contributed by atoms with Gasteiger partial charge in [-0.15, -0.1) is 0 Å². The molecule has 1 amide bonds. The quantitative estimate of drug-likeness (QED) is 0.0362. The summed E-state index contributed by atoms with van der Waals surface area (Å²) in [7, 11) is 0. The Hall–Kier alpha value is -1.43. The molecule has 0 fully saturated rings. The summed E-state index contributed by atoms with van der Waals surface area (Å²) in [6.45, 7) is 4.21. The first-order valence-corrected chi connectivity index (χ1v) is 27.8. The Morgan fingerprint density at radius 2 is 0.694 bits per heavy atom. The van der Waals surface area contributed by atoms with Gasteiger partial charge in [-0.25, -0.2) is 0 Å². The standard InChI is InChI=1S/C57H109NO4/c1-3-5-7-9-11-13-15-17-19-20-21-22-23-24-25-26-27-28-29-30-31-32-33-34-35-36-37-38-40-42-44-46-48-50-54(60)52-57(62)58-55(53-59)56(61)51-49-47-45-43-41-39-18-16-14-12-10-8-6-4-2/h26-27,41,43,49,51,54-56,59-61H,3-25,28-40,42,44-48,50,52-53H2,1-2H3,(H,58,62)/b27-26-,43-41+,51-49+. The second-order valence-corrected chi connectivity index (χ2v) is 19.2. The second kappa shape index (κ2) is 52.2. The van der Waals surface area contributed by atoms with Crippen LogP contribution in [0.25, 0.3) is 0 Å². The van der Waals surface area contributed by atoms with E-state index in [1.165, 1.54) is 238 Å². The van der Waals surface area contributed by atoms with Gasteiger partial charge in [0.25, 0.3) is 0 Å². The van der Waals surface area contributed by atoms with Gasteiger partial charge >= 0.3 is 0 Å². The molecule has 0 aliphatic heterocycles. The number of amides is 1. The third-order valence-electron chi connectivity index (χ3n) is 12.9. The SMILES string of the molecule is CCCCCCCCCC/C=C/CC/C=C/C(O)C(CO)NC(=O)CC(O)CCCCCCCCCCCCCCCCC/C=C\CCCCCCCCCCCCCCCC. The van der Waals surface area contributed by atoms with E-state index in [9.17, 15) is 20.1 Å². The molecule has 0 rings (SSSR count). The van der Waals surface area contributed by atoms with Crippen molar-refractivity contribution in [2.75, 3.05) is 6.61 Å². The number of nitrogens with one attached hydrogen (secondary N) is 1. The lowest BCUT2D eigenvalue weighted by Crippen LogP contribution is -2.45. The van der Waals surface area contributed by atoms with Crippen molar-refractivity contribution in [2.24, 2.45) is 0 Å². The Kier molecular flexibility index (Phi) is 51.0. The summed E-state index contributed by atoms with van der Waals surface area (Å²) in [6.07, 6.45) is 67.7. The number of aliphatic hydroxyl groups is 3. The normalized spacial score (nSPS) is 13.6. The van der Waals surface area contributed by atoms with E-state index < -0.39 is 18.2 Å². The van der Waals surface area contributed by atoms with E-state index in [-0.39, 0.29) is 18.9 Å². The fourth-order valence-corrected chi connectivity index (χ4v) is 8.65. The number of hydrogen-bond donors (Lipinski definition) is 4. The monoisotopic (exact) mass is 872 g/mol. The third-order valence-corrected chi connectivity index (χ3v) is 12.9. The van der Waals surface area contributed by atoms with Gasteiger partial charge in [0.2, 0.25) is 5.91 Å². The molecule has 0 radical (unpaired) electrons. The highest BCUT2D eigenvalue weighted by atomic mass is 16.3. The Morgan fingerprint density at radius 1 is 0.403 bits per heavy atom. The molecule has 5 heteroatoms. The number of hydrogen-bond acceptors (Lipinski definition) is 4. The summed E-state index contributed by atoms with van der Waals surface area (Å²) in [4.78, 5) is 12.5. The van der Waals surface area contributed by atoms with Gasteiger partial charge in [0.05, 0.1) is 31.3 Å². The minimum Gasteiger partial charge on any atom is -0.394 e. The molecule has 3 unspecified atom stereocenters. The predicted octanol–water partition coefficient (Wildman–Crippen LogP) is 17.1. The molecule has 0 spiro atoms. The molecule has 366 valence electrons. The van der Waals surface area contributed by atoms with E-state index >= 15 is 0 Å². The Balaban J connectivity index is 3.51. The largest absolute Gasteiger partial charge is 0.394 e. The van der Waals surface area contributed by atoms with Gasteiger partial charge in [0.1, 0.15) is 0 Å². The summed E-state index contributed by atoms with van der Waals surface area (Å²) in [5, 5.41) is 33.3. The second-order valence-electron chi connectivity index (χ2n) is 19.2. The van der Waals surface area contributed by atoms with Crippen LogP contribution in [0.2, 0.25) is 0 Å². The maximum Gasteiger partial charge on any atom is 0.222 e. The van der Waals surface area contributed by atoms with Gasteiger partial charge in [-0.05, 0) is 57.8 Å². The van der Waals surface area contributed by atoms with Crippen molar-refractivity contribution in [1.82, 2.24) is 5.32 Å². The van der Waals surface area contributed by atoms with E-state index in [2.05, 4.69) is 43.5 Å². The van der Waals surface area contributed by atoms with Crippen molar-refractivity contribution in [3.63, 3.8) is 0 Å². The average Bonchev–Trinajstić information content (AvgIpc) is 3.27. The smallest absolute Gasteiger partial charge is 0.222 e. The van der Waals surface area contributed by atoms with Crippen LogP contribution in [-0.4, -0.2) is 46.1 Å². The molecule has 0 bridgehead atoms. The van der Waals surface area contributed by atoms with E-state index in [0.29, 0.717) is 6.42 Å². The van der Waals surface area contributed by atoms with E-state index in [4.69, 9.17) is 0 Å². The minimum atomic E-state index is -0.950. The molecule has 0 aromatic heterocycles. The Bertz CT molecular complexity index is 962. The van der Waals surface area contributed by atoms with E-state index in [0.717, 1.165) is 32.1 Å². The topological polar surface area (TPSA) is 89.8 Å². The number of carbonyl (C=O) groups is 1. The number of allylic oxidation sites excluding steroid dienone is 5. The van der Waals surface area contributed by atoms with Crippen LogP contribution in [-0.2, 0) is 4.79 Å². The van der Waals surface area contributed by atoms with Gasteiger partial charge in [0.15, 0.2) is 0 Å². The molecule has 0 aromatic rings. The minimum absolute atomic E-state index is 0.00775. The summed E-state index contributed by atoms with van der Waals surface area (Å²) >= 11 is 0. The van der Waals surface area contributed by atoms with Crippen molar-refractivity contribution in [3.05, 3.63) is 36.5 Å². The lowest BCUT2D eigenvalue weighted by molar-refractivity contribution is -0.124. The molecule has 3 atom stereocenters. The summed E-state index contributed by atoms with van der Waals surface area (Å²) in [5.41, 5.74) is 0. The Morgan fingerprint density at radius 3 is 1.03 bits per heavy atom. The fourth-order valence-electron chi connectivity index (χ4n) is 8.65. The molecule has 0 saturated carbocycles. The molecule has 0 aromatic carbocycles. The first-order chi connectivity index (χ1) is 30.5. The van der Waals surface area contributed by atoms with Crippen LogP contribution in [0.3, 0.4) is 0 Å². The highest BCUT2D eigenvalue weighted by Crippen LogP contribution is 2.17. The Labute approximate surface area is 387 Å². The maximum atomic E-state index is 12.5. The molecule has 62 heavy (non-hydrogen) atoms. The molecule has 0 aliphatic carbocycles. The highest BCUT2D eigenvalue weighted by molar-refractivity contribution is 5.76. The summed E-state index contributed by atoms with van der Waals surface area (Å²) in [6, 6.07) is -0.760. The number of carbonyl (C=O) groups excluding carboxylic acids is 1. The van der Waals surface area contributed by atoms with Crippen LogP contribution in [0.1, 0.15) is 296 Å². The summed E-state index contributed by atoms with van der Waals surface area (Å²) < 4.78 is 0. The van der Waals surface area contributed by atoms with Crippen LogP contribution >= 0.6 is 0 Å². The maximum absolute atomic E-state index is 12.5. The molecule has 4 N–H and O–H groups in total. The van der Waals surface area contributed by atoms with Crippen molar-refractivity contribution < 1.29 is 20.1 Å². The van der Waals surface area contributed by atoms with Crippen molar-refractivity contribution in [2.45, 2.75) is 315 Å². The first-order valence-electron chi connectivity index (χ1n) is 27.8. The molecule has 0 saturated heterocycles. The molecule has 0 heterocycles. The van der Waals surface area contributed by atoms with Gasteiger partial charge in [-0.3, -0.25) is 4.79 Å². The van der Waals surface area contributed by atoms with Gasteiger partial charge in [0, 0.05) is 0 Å². The third kappa shape index (κ3) is 48.0. The lowest BCUT2D eigenvalue weighted by Gasteiger charge is -2.21. The van der Waals surface area contributed by atoms with E-state index in [1.54, 1.807) is 6.08 Å². The zero-order valence-corrected chi connectivity index (χ0v) is 41.8. The van der Waals surface area contributed by atoms with Crippen LogP contribution in [0.4, 0.5) is 0 Å². The van der Waals surface area contributed by atoms with E-state index in [1.807, 2.05) is 6.08 Å². The number of aliphatic hydroxyl groups excluding tert-OH is 3. The van der Waals surface area contributed by atoms with Gasteiger partial charge in [-0.2, -0.15) is 0 Å². The molecular formula is C57H109NO4. The van der Waals surface area contributed by atoms with Crippen molar-refractivity contribution in [1.29, 1.82) is 0 Å². The number of unbranched alkanes of at least 4 members (excludes halogenated alkanes) is 38. The van der Waals surface area contributed by atoms with Gasteiger partial charge < -0.3 is 20.6 Å². The molecular weight excluding hydrogens is 763 g/mol. The molecule has 5 nitrogen and oxygen atoms in total. The fraction of sp³-hybridized carbons (Fsp3) is 0.877. The van der Waals surface area contributed by atoms with Crippen molar-refractivity contribution >= 4 is 5.91 Å². The predicted molar refractivity (Wildman–Crippen MR) is 273 cm³/mol.